The van der Waals surface area contributed by atoms with E-state index in [4.69, 9.17) is 19.7 Å². The molecular formula is C10H13N4O3Re-. The summed E-state index contributed by atoms with van der Waals surface area (Å²) < 4.78 is 24.4. The van der Waals surface area contributed by atoms with Gasteiger partial charge in [-0.05, 0) is 12.6 Å². The summed E-state index contributed by atoms with van der Waals surface area (Å²) in [6.45, 7) is 16.5. The van der Waals surface area contributed by atoms with Crippen molar-refractivity contribution in [3.8, 4) is 0 Å². The molecule has 1 rings (SSSR count). The zero-order valence-corrected chi connectivity index (χ0v) is 12.3. The minimum Gasteiger partial charge on any atom is -0.676 e. The zero-order chi connectivity index (χ0) is 13.9. The number of nitrogens with zero attached hydrogens (tertiary/aromatic N) is 2. The van der Waals surface area contributed by atoms with Gasteiger partial charge in [0, 0.05) is 39.4 Å². The molecule has 1 aromatic rings. The van der Waals surface area contributed by atoms with Crippen molar-refractivity contribution in [1.82, 2.24) is 15.1 Å². The Morgan fingerprint density at radius 2 is 1.67 bits per heavy atom. The van der Waals surface area contributed by atoms with Crippen molar-refractivity contribution < 1.29 is 34.4 Å². The van der Waals surface area contributed by atoms with Crippen molar-refractivity contribution in [2.24, 2.45) is 0 Å². The van der Waals surface area contributed by atoms with Gasteiger partial charge < -0.3 is 11.1 Å². The summed E-state index contributed by atoms with van der Waals surface area (Å²) in [5, 5.41) is 7.17. The third-order valence-corrected chi connectivity index (χ3v) is 1.38. The Kier molecular flexibility index (Phi) is 42.6. The molecule has 7 nitrogen and oxygen atoms in total. The normalized spacial score (nSPS) is 6.61. The third kappa shape index (κ3) is 20.4. The minimum atomic E-state index is 0. The van der Waals surface area contributed by atoms with E-state index in [-0.39, 0.29) is 20.4 Å². The summed E-state index contributed by atoms with van der Waals surface area (Å²) >= 11 is 0. The smallest absolute Gasteiger partial charge is 0.0533 e. The van der Waals surface area contributed by atoms with Gasteiger partial charge in [-0.25, -0.2) is 0 Å². The van der Waals surface area contributed by atoms with Gasteiger partial charge in [0.1, 0.15) is 0 Å². The van der Waals surface area contributed by atoms with Gasteiger partial charge in [0.25, 0.3) is 0 Å². The Labute approximate surface area is 120 Å². The summed E-state index contributed by atoms with van der Waals surface area (Å²) in [4.78, 5) is 0. The largest absolute Gasteiger partial charge is 0.676 e. The van der Waals surface area contributed by atoms with Crippen molar-refractivity contribution in [3.63, 3.8) is 0 Å². The van der Waals surface area contributed by atoms with Gasteiger partial charge in [0.15, 0.2) is 0 Å². The molecule has 0 aliphatic heterocycles. The van der Waals surface area contributed by atoms with Crippen molar-refractivity contribution >= 4 is 0 Å². The number of rotatable bonds is 5. The number of hydrogen-bond donors (Lipinski definition) is 1. The van der Waals surface area contributed by atoms with Crippen LogP contribution in [-0.2, 0) is 40.9 Å². The van der Waals surface area contributed by atoms with Gasteiger partial charge in [-0.1, -0.05) is 0 Å². The van der Waals surface area contributed by atoms with Crippen LogP contribution in [0, 0.1) is 20.0 Å². The molecule has 2 N–H and O–H groups in total. The van der Waals surface area contributed by atoms with E-state index in [0.29, 0.717) is 6.54 Å². The molecule has 0 unspecified atom stereocenters. The van der Waals surface area contributed by atoms with Crippen molar-refractivity contribution in [2.75, 3.05) is 19.6 Å². The molecule has 0 aromatic carbocycles. The molecule has 0 aliphatic carbocycles. The second-order valence-corrected chi connectivity index (χ2v) is 2.27. The molecule has 0 saturated heterocycles. The van der Waals surface area contributed by atoms with Crippen LogP contribution in [0.15, 0.2) is 18.5 Å². The Balaban J connectivity index is -0.000000123. The fourth-order valence-corrected chi connectivity index (χ4v) is 0.840. The fourth-order valence-electron chi connectivity index (χ4n) is 0.840. The fraction of sp³-hybridized carbons (Fsp3) is 0.400. The van der Waals surface area contributed by atoms with E-state index in [1.54, 1.807) is 6.20 Å². The van der Waals surface area contributed by atoms with E-state index in [1.807, 2.05) is 16.9 Å². The molecule has 0 aliphatic rings. The Morgan fingerprint density at radius 1 is 1.11 bits per heavy atom. The van der Waals surface area contributed by atoms with Crippen LogP contribution in [0.5, 0.6) is 0 Å². The van der Waals surface area contributed by atoms with Crippen molar-refractivity contribution in [2.45, 2.75) is 6.54 Å². The zero-order valence-electron chi connectivity index (χ0n) is 9.56. The van der Waals surface area contributed by atoms with Gasteiger partial charge in [0.05, 0.1) is 6.54 Å². The molecule has 18 heavy (non-hydrogen) atoms. The molecule has 1 heterocycles. The van der Waals surface area contributed by atoms with Crippen LogP contribution in [0.3, 0.4) is 0 Å². The van der Waals surface area contributed by atoms with Gasteiger partial charge in [0.2, 0.25) is 0 Å². The van der Waals surface area contributed by atoms with Crippen LogP contribution in [0.4, 0.5) is 0 Å². The molecular weight excluding hydrogens is 410 g/mol. The second-order valence-electron chi connectivity index (χ2n) is 2.27. The third-order valence-electron chi connectivity index (χ3n) is 1.38. The van der Waals surface area contributed by atoms with Crippen LogP contribution >= 0.6 is 0 Å². The molecule has 0 fully saturated rings. The van der Waals surface area contributed by atoms with E-state index >= 15 is 0 Å². The SMILES string of the molecule is [C-]#[O+].[C-]#[O+].[C-]#[O+].[NH-]CCNCCn1cccn1.[Re]. The number of hydrogen-bond acceptors (Lipinski definition) is 2. The van der Waals surface area contributed by atoms with Crippen LogP contribution in [-0.4, -0.2) is 29.4 Å². The maximum Gasteiger partial charge on any atom is 0.0533 e. The van der Waals surface area contributed by atoms with Crippen LogP contribution < -0.4 is 5.32 Å². The molecule has 99 valence electrons. The molecule has 1 radical (unpaired) electrons. The maximum absolute atomic E-state index is 7.50. The van der Waals surface area contributed by atoms with Gasteiger partial charge in [-0.15, -0.1) is 6.54 Å². The van der Waals surface area contributed by atoms with E-state index in [0.717, 1.165) is 19.6 Å². The van der Waals surface area contributed by atoms with Gasteiger partial charge in [-0.2, -0.15) is 5.10 Å². The molecule has 8 heteroatoms. The second kappa shape index (κ2) is 29.8. The van der Waals surface area contributed by atoms with Crippen LogP contribution in [0.25, 0.3) is 5.73 Å². The summed E-state index contributed by atoms with van der Waals surface area (Å²) in [6, 6.07) is 1.91. The number of aromatic nitrogens is 2. The van der Waals surface area contributed by atoms with E-state index < -0.39 is 0 Å². The van der Waals surface area contributed by atoms with Gasteiger partial charge in [-0.3, -0.25) is 4.68 Å². The van der Waals surface area contributed by atoms with Crippen molar-refractivity contribution in [1.29, 1.82) is 0 Å². The average molecular weight is 423 g/mol. The first-order chi connectivity index (χ1) is 8.43. The first kappa shape index (κ1) is 25.8. The van der Waals surface area contributed by atoms with E-state index in [9.17, 15) is 0 Å². The molecule has 0 saturated carbocycles. The average Bonchev–Trinajstić information content (AvgIpc) is 2.95. The summed E-state index contributed by atoms with van der Waals surface area (Å²) in [5.41, 5.74) is 6.87. The summed E-state index contributed by atoms with van der Waals surface area (Å²) in [5.74, 6) is 0. The van der Waals surface area contributed by atoms with Crippen LogP contribution in [0.1, 0.15) is 0 Å². The Morgan fingerprint density at radius 3 is 2.06 bits per heavy atom. The molecule has 0 spiro atoms. The Bertz CT molecular complexity index is 271. The summed E-state index contributed by atoms with van der Waals surface area (Å²) in [7, 11) is 0. The maximum atomic E-state index is 7.50. The summed E-state index contributed by atoms with van der Waals surface area (Å²) in [6.07, 6.45) is 3.70. The van der Waals surface area contributed by atoms with Gasteiger partial charge >= 0.3 is 33.9 Å². The van der Waals surface area contributed by atoms with E-state index in [1.165, 1.54) is 0 Å². The first-order valence-corrected chi connectivity index (χ1v) is 4.37. The molecule has 0 atom stereocenters. The van der Waals surface area contributed by atoms with E-state index in [2.05, 4.69) is 30.4 Å². The number of nitrogens with one attached hydrogen (secondary N) is 2. The predicted molar refractivity (Wildman–Crippen MR) is 56.1 cm³/mol. The molecule has 1 aromatic heterocycles. The monoisotopic (exact) mass is 424 g/mol. The van der Waals surface area contributed by atoms with Crippen molar-refractivity contribution in [3.05, 3.63) is 44.1 Å². The predicted octanol–water partition coefficient (Wildman–Crippen LogP) is 0.410. The topological polar surface area (TPSA) is 113 Å². The molecule has 0 amide bonds. The van der Waals surface area contributed by atoms with Crippen LogP contribution in [0.2, 0.25) is 0 Å². The standard InChI is InChI=1S/C7H13N4.3CO.Re/c8-2-4-9-5-7-11-6-1-3-10-11;3*1-2;/h1,3,6,8-9H,2,4-5,7H2;;;;/q-1;;;;. The minimum absolute atomic E-state index is 0. The molecule has 0 bridgehead atoms. The quantitative estimate of drug-likeness (QED) is 0.420. The Hall–Kier alpha value is -0.988. The first-order valence-electron chi connectivity index (χ1n) is 4.37.